The minimum Gasteiger partial charge on any atom is -0.350 e. The summed E-state index contributed by atoms with van der Waals surface area (Å²) in [6.07, 6.45) is 1.69. The fourth-order valence-corrected chi connectivity index (χ4v) is 2.59. The molecule has 0 aliphatic carbocycles. The molecule has 3 rings (SSSR count). The monoisotopic (exact) mass is 344 g/mol. The van der Waals surface area contributed by atoms with E-state index in [0.29, 0.717) is 28.4 Å². The van der Waals surface area contributed by atoms with Gasteiger partial charge < -0.3 is 10.6 Å². The molecule has 116 valence electrons. The third-order valence-corrected chi connectivity index (χ3v) is 3.52. The summed E-state index contributed by atoms with van der Waals surface area (Å²) in [4.78, 5) is 8.64. The van der Waals surface area contributed by atoms with Crippen molar-refractivity contribution in [2.24, 2.45) is 0 Å². The first-order valence-electron chi connectivity index (χ1n) is 7.03. The summed E-state index contributed by atoms with van der Waals surface area (Å²) in [7, 11) is 0. The molecule has 6 heteroatoms. The van der Waals surface area contributed by atoms with Crippen LogP contribution >= 0.6 is 23.2 Å². The molecule has 0 saturated heterocycles. The lowest BCUT2D eigenvalue weighted by molar-refractivity contribution is 1.06. The van der Waals surface area contributed by atoms with E-state index in [1.807, 2.05) is 30.3 Å². The molecule has 1 heterocycles. The van der Waals surface area contributed by atoms with Crippen molar-refractivity contribution >= 4 is 40.7 Å². The summed E-state index contributed by atoms with van der Waals surface area (Å²) in [5, 5.41) is 7.49. The van der Waals surface area contributed by atoms with Crippen molar-refractivity contribution in [2.45, 2.75) is 6.54 Å². The Kier molecular flexibility index (Phi) is 4.95. The maximum atomic E-state index is 6.00. The van der Waals surface area contributed by atoms with E-state index in [2.05, 4.69) is 20.6 Å². The molecule has 0 saturated carbocycles. The number of hydrogen-bond acceptors (Lipinski definition) is 4. The number of anilines is 3. The van der Waals surface area contributed by atoms with Crippen molar-refractivity contribution in [2.75, 3.05) is 10.6 Å². The van der Waals surface area contributed by atoms with Gasteiger partial charge in [0, 0.05) is 28.5 Å². The number of rotatable bonds is 5. The number of halogens is 2. The second-order valence-corrected chi connectivity index (χ2v) is 5.76. The van der Waals surface area contributed by atoms with Gasteiger partial charge in [-0.1, -0.05) is 53.5 Å². The van der Waals surface area contributed by atoms with E-state index in [0.717, 1.165) is 11.3 Å². The summed E-state index contributed by atoms with van der Waals surface area (Å²) in [5.41, 5.74) is 1.94. The smallest absolute Gasteiger partial charge is 0.224 e. The van der Waals surface area contributed by atoms with Crippen LogP contribution in [0.4, 0.5) is 17.5 Å². The zero-order valence-electron chi connectivity index (χ0n) is 12.1. The Labute approximate surface area is 144 Å². The van der Waals surface area contributed by atoms with E-state index in [1.165, 1.54) is 0 Å². The topological polar surface area (TPSA) is 49.8 Å². The number of nitrogens with zero attached hydrogens (tertiary/aromatic N) is 2. The Hall–Kier alpha value is -2.30. The minimum atomic E-state index is 0.548. The Balaban J connectivity index is 1.69. The largest absolute Gasteiger partial charge is 0.350 e. The van der Waals surface area contributed by atoms with Crippen LogP contribution in [0, 0.1) is 0 Å². The minimum absolute atomic E-state index is 0.548. The van der Waals surface area contributed by atoms with E-state index in [9.17, 15) is 0 Å². The first kappa shape index (κ1) is 15.6. The molecule has 0 amide bonds. The summed E-state index contributed by atoms with van der Waals surface area (Å²) < 4.78 is 0. The van der Waals surface area contributed by atoms with Crippen LogP contribution in [0.3, 0.4) is 0 Å². The standard InChI is InChI=1S/C17H14Cl2N4/c18-13-8-14(19)10-15(9-13)22-16-6-7-20-17(23-16)21-11-12-4-2-1-3-5-12/h1-10H,11H2,(H2,20,21,22,23). The fourth-order valence-electron chi connectivity index (χ4n) is 2.06. The van der Waals surface area contributed by atoms with Gasteiger partial charge >= 0.3 is 0 Å². The predicted octanol–water partition coefficient (Wildman–Crippen LogP) is 5.14. The number of nitrogens with one attached hydrogen (secondary N) is 2. The molecular weight excluding hydrogens is 331 g/mol. The van der Waals surface area contributed by atoms with Crippen molar-refractivity contribution in [1.82, 2.24) is 9.97 Å². The highest BCUT2D eigenvalue weighted by Gasteiger charge is 2.02. The molecule has 0 atom stereocenters. The molecule has 3 aromatic rings. The molecule has 0 unspecified atom stereocenters. The number of benzene rings is 2. The van der Waals surface area contributed by atoms with Gasteiger partial charge in [-0.05, 0) is 29.8 Å². The Morgan fingerprint density at radius 3 is 2.39 bits per heavy atom. The maximum absolute atomic E-state index is 6.00. The third kappa shape index (κ3) is 4.58. The van der Waals surface area contributed by atoms with Crippen LogP contribution in [0.25, 0.3) is 0 Å². The molecule has 0 aliphatic heterocycles. The molecule has 0 radical (unpaired) electrons. The van der Waals surface area contributed by atoms with E-state index in [4.69, 9.17) is 23.2 Å². The molecule has 0 bridgehead atoms. The highest BCUT2D eigenvalue weighted by atomic mass is 35.5. The first-order chi connectivity index (χ1) is 11.2. The van der Waals surface area contributed by atoms with Gasteiger partial charge in [0.25, 0.3) is 0 Å². The van der Waals surface area contributed by atoms with Crippen molar-refractivity contribution in [3.8, 4) is 0 Å². The lowest BCUT2D eigenvalue weighted by atomic mass is 10.2. The zero-order chi connectivity index (χ0) is 16.1. The second kappa shape index (κ2) is 7.31. The highest BCUT2D eigenvalue weighted by molar-refractivity contribution is 6.35. The molecule has 0 spiro atoms. The molecular formula is C17H14Cl2N4. The van der Waals surface area contributed by atoms with Gasteiger partial charge in [0.1, 0.15) is 5.82 Å². The highest BCUT2D eigenvalue weighted by Crippen LogP contribution is 2.24. The van der Waals surface area contributed by atoms with E-state index < -0.39 is 0 Å². The average molecular weight is 345 g/mol. The molecule has 2 aromatic carbocycles. The lowest BCUT2D eigenvalue weighted by Gasteiger charge is -2.09. The van der Waals surface area contributed by atoms with Crippen molar-refractivity contribution in [3.05, 3.63) is 76.4 Å². The maximum Gasteiger partial charge on any atom is 0.224 e. The van der Waals surface area contributed by atoms with Crippen LogP contribution in [-0.2, 0) is 6.54 Å². The van der Waals surface area contributed by atoms with Gasteiger partial charge in [-0.3, -0.25) is 0 Å². The number of hydrogen-bond donors (Lipinski definition) is 2. The van der Waals surface area contributed by atoms with Crippen molar-refractivity contribution in [3.63, 3.8) is 0 Å². The third-order valence-electron chi connectivity index (χ3n) is 3.08. The fraction of sp³-hybridized carbons (Fsp3) is 0.0588. The molecule has 0 fully saturated rings. The van der Waals surface area contributed by atoms with Crippen LogP contribution < -0.4 is 10.6 Å². The zero-order valence-corrected chi connectivity index (χ0v) is 13.6. The molecule has 1 aromatic heterocycles. The van der Waals surface area contributed by atoms with Crippen LogP contribution in [0.1, 0.15) is 5.56 Å². The Bertz CT molecular complexity index is 773. The molecule has 2 N–H and O–H groups in total. The summed E-state index contributed by atoms with van der Waals surface area (Å²) in [5.74, 6) is 1.21. The van der Waals surface area contributed by atoms with Gasteiger partial charge in [-0.15, -0.1) is 0 Å². The van der Waals surface area contributed by atoms with Crippen molar-refractivity contribution < 1.29 is 0 Å². The van der Waals surface area contributed by atoms with Gasteiger partial charge in [-0.2, -0.15) is 4.98 Å². The Morgan fingerprint density at radius 2 is 1.65 bits per heavy atom. The normalized spacial score (nSPS) is 10.3. The summed E-state index contributed by atoms with van der Waals surface area (Å²) >= 11 is 12.0. The van der Waals surface area contributed by atoms with E-state index in [-0.39, 0.29) is 0 Å². The number of aromatic nitrogens is 2. The van der Waals surface area contributed by atoms with Crippen LogP contribution in [0.5, 0.6) is 0 Å². The van der Waals surface area contributed by atoms with Gasteiger partial charge in [0.05, 0.1) is 0 Å². The van der Waals surface area contributed by atoms with Gasteiger partial charge in [0.15, 0.2) is 0 Å². The quantitative estimate of drug-likeness (QED) is 0.672. The average Bonchev–Trinajstić information content (AvgIpc) is 2.53. The molecule has 4 nitrogen and oxygen atoms in total. The second-order valence-electron chi connectivity index (χ2n) is 4.89. The molecule has 0 aliphatic rings. The summed E-state index contributed by atoms with van der Waals surface area (Å²) in [6.45, 7) is 0.660. The van der Waals surface area contributed by atoms with Crippen LogP contribution in [0.15, 0.2) is 60.8 Å². The first-order valence-corrected chi connectivity index (χ1v) is 7.78. The van der Waals surface area contributed by atoms with Crippen molar-refractivity contribution in [1.29, 1.82) is 0 Å². The van der Waals surface area contributed by atoms with Gasteiger partial charge in [-0.25, -0.2) is 4.98 Å². The predicted molar refractivity (Wildman–Crippen MR) is 95.5 cm³/mol. The Morgan fingerprint density at radius 1 is 0.913 bits per heavy atom. The van der Waals surface area contributed by atoms with Crippen LogP contribution in [0.2, 0.25) is 10.0 Å². The van der Waals surface area contributed by atoms with Gasteiger partial charge in [0.2, 0.25) is 5.95 Å². The van der Waals surface area contributed by atoms with E-state index >= 15 is 0 Å². The SMILES string of the molecule is Clc1cc(Cl)cc(Nc2ccnc(NCc3ccccc3)n2)c1. The summed E-state index contributed by atoms with van der Waals surface area (Å²) in [6, 6.07) is 17.1. The van der Waals surface area contributed by atoms with Crippen LogP contribution in [-0.4, -0.2) is 9.97 Å². The molecule has 23 heavy (non-hydrogen) atoms. The van der Waals surface area contributed by atoms with E-state index in [1.54, 1.807) is 30.5 Å². The lowest BCUT2D eigenvalue weighted by Crippen LogP contribution is -2.04.